The number of sulfonamides is 1. The van der Waals surface area contributed by atoms with Gasteiger partial charge in [-0.3, -0.25) is 18.1 Å². The summed E-state index contributed by atoms with van der Waals surface area (Å²) < 4.78 is 62.9. The summed E-state index contributed by atoms with van der Waals surface area (Å²) in [5, 5.41) is 7.02. The molecule has 4 heterocycles. The summed E-state index contributed by atoms with van der Waals surface area (Å²) in [7, 11) is -5.16. The number of anilines is 1. The second-order valence-corrected chi connectivity index (χ2v) is 13.3. The molecule has 0 aromatic carbocycles. The molecule has 1 amide bonds. The first-order valence-corrected chi connectivity index (χ1v) is 14.3. The molecule has 1 N–H and O–H groups in total. The topological polar surface area (TPSA) is 124 Å². The molecule has 0 radical (unpaired) electrons. The van der Waals surface area contributed by atoms with E-state index in [9.17, 15) is 21.8 Å². The maximum Gasteiger partial charge on any atom is 0.547 e. The summed E-state index contributed by atoms with van der Waals surface area (Å²) in [5.41, 5.74) is -0.0176. The normalized spacial score (nSPS) is 17.2. The minimum Gasteiger partial charge on any atom is -0.477 e. The van der Waals surface area contributed by atoms with Crippen LogP contribution in [0.2, 0.25) is 5.31 Å². The highest BCUT2D eigenvalue weighted by atomic mass is 32.2. The molecule has 216 valence electrons. The van der Waals surface area contributed by atoms with Crippen molar-refractivity contribution >= 4 is 29.0 Å². The Hall–Kier alpha value is -3.49. The number of nitrogens with zero attached hydrogens (tertiary/aromatic N) is 6. The van der Waals surface area contributed by atoms with Crippen LogP contribution in [0.3, 0.4) is 0 Å². The van der Waals surface area contributed by atoms with E-state index in [4.69, 9.17) is 9.72 Å². The van der Waals surface area contributed by atoms with Crippen molar-refractivity contribution in [1.82, 2.24) is 29.3 Å². The molecule has 1 atom stereocenters. The molecule has 0 saturated carbocycles. The minimum absolute atomic E-state index is 0.0818. The Labute approximate surface area is 233 Å². The van der Waals surface area contributed by atoms with Crippen LogP contribution in [0.15, 0.2) is 35.5 Å². The molecular formula is C25H34BF2N7O4S. The third-order valence-electron chi connectivity index (χ3n) is 6.90. The van der Waals surface area contributed by atoms with Gasteiger partial charge in [-0.1, -0.05) is 20.8 Å². The lowest BCUT2D eigenvalue weighted by Gasteiger charge is -2.34. The van der Waals surface area contributed by atoms with Crippen molar-refractivity contribution < 1.29 is 26.6 Å². The van der Waals surface area contributed by atoms with E-state index in [1.54, 1.807) is 20.2 Å². The molecule has 0 spiro atoms. The number of amides is 1. The van der Waals surface area contributed by atoms with Crippen LogP contribution in [0.4, 0.5) is 14.4 Å². The average molecular weight is 577 g/mol. The van der Waals surface area contributed by atoms with Crippen LogP contribution in [-0.2, 0) is 17.1 Å². The van der Waals surface area contributed by atoms with Gasteiger partial charge >= 0.3 is 7.27 Å². The maximum absolute atomic E-state index is 13.4. The first kappa shape index (κ1) is 29.5. The molecule has 15 heteroatoms. The zero-order valence-corrected chi connectivity index (χ0v) is 24.5. The van der Waals surface area contributed by atoms with Gasteiger partial charge < -0.3 is 9.64 Å². The standard InChI is InChI=1S/C25H34BF2N7O4S/c1-16-12-25(5,6)34(13-16)22-18(23(36)32-40(37,38)19-14-33(7)30-17(19)2)8-9-20(29-22)35-11-10-21(31-35)39-15-24(3,4)26(27)28/h8-11,14,16H,12-13,15H2,1-7H3,(H,32,36)/t16-/m0/s1. The van der Waals surface area contributed by atoms with Crippen LogP contribution >= 0.6 is 0 Å². The number of carbonyl (C=O) groups excluding carboxylic acids is 1. The third kappa shape index (κ3) is 5.98. The van der Waals surface area contributed by atoms with Gasteiger partial charge in [-0.2, -0.15) is 5.10 Å². The average Bonchev–Trinajstić information content (AvgIpc) is 3.53. The van der Waals surface area contributed by atoms with Gasteiger partial charge in [0.15, 0.2) is 5.82 Å². The molecule has 11 nitrogen and oxygen atoms in total. The molecule has 40 heavy (non-hydrogen) atoms. The van der Waals surface area contributed by atoms with Gasteiger partial charge in [0.05, 0.1) is 17.9 Å². The second kappa shape index (κ2) is 10.5. The Kier molecular flexibility index (Phi) is 7.73. The first-order valence-electron chi connectivity index (χ1n) is 12.8. The quantitative estimate of drug-likeness (QED) is 0.383. The number of hydrogen-bond acceptors (Lipinski definition) is 8. The van der Waals surface area contributed by atoms with E-state index in [-0.39, 0.29) is 34.2 Å². The molecule has 3 aromatic heterocycles. The highest BCUT2D eigenvalue weighted by molar-refractivity contribution is 7.90. The van der Waals surface area contributed by atoms with Gasteiger partial charge in [0.1, 0.15) is 10.7 Å². The van der Waals surface area contributed by atoms with Crippen molar-refractivity contribution in [3.63, 3.8) is 0 Å². The van der Waals surface area contributed by atoms with Crippen LogP contribution in [0.1, 0.15) is 57.1 Å². The van der Waals surface area contributed by atoms with Crippen molar-refractivity contribution in [1.29, 1.82) is 0 Å². The van der Waals surface area contributed by atoms with Gasteiger partial charge in [0.25, 0.3) is 15.9 Å². The molecule has 4 rings (SSSR count). The largest absolute Gasteiger partial charge is 0.547 e. The number of carbonyl (C=O) groups is 1. The molecule has 3 aromatic rings. The van der Waals surface area contributed by atoms with Gasteiger partial charge in [0.2, 0.25) is 5.88 Å². The van der Waals surface area contributed by atoms with Gasteiger partial charge in [-0.15, -0.1) is 5.10 Å². The molecule has 1 fully saturated rings. The maximum atomic E-state index is 13.4. The summed E-state index contributed by atoms with van der Waals surface area (Å²) >= 11 is 0. The van der Waals surface area contributed by atoms with E-state index < -0.39 is 28.5 Å². The number of hydrogen-bond donors (Lipinski definition) is 1. The lowest BCUT2D eigenvalue weighted by atomic mass is 9.65. The van der Waals surface area contributed by atoms with E-state index in [1.807, 2.05) is 18.7 Å². The summed E-state index contributed by atoms with van der Waals surface area (Å²) in [6.45, 7) is 10.9. The van der Waals surface area contributed by atoms with Crippen molar-refractivity contribution in [2.45, 2.75) is 63.7 Å². The van der Waals surface area contributed by atoms with Crippen LogP contribution in [-0.4, -0.2) is 64.8 Å². The first-order chi connectivity index (χ1) is 18.5. The zero-order chi connectivity index (χ0) is 29.6. The van der Waals surface area contributed by atoms with Gasteiger partial charge in [0, 0.05) is 42.9 Å². The zero-order valence-electron chi connectivity index (χ0n) is 23.6. The molecule has 1 aliphatic rings. The number of halogens is 2. The van der Waals surface area contributed by atoms with Crippen molar-refractivity contribution in [3.8, 4) is 11.7 Å². The minimum atomic E-state index is -4.20. The number of pyridine rings is 1. The Bertz CT molecular complexity index is 1520. The van der Waals surface area contributed by atoms with Crippen LogP contribution in [0.5, 0.6) is 5.88 Å². The highest BCUT2D eigenvalue weighted by Gasteiger charge is 2.40. The Balaban J connectivity index is 1.68. The van der Waals surface area contributed by atoms with Gasteiger partial charge in [-0.25, -0.2) is 22.8 Å². The molecule has 0 aliphatic carbocycles. The van der Waals surface area contributed by atoms with Gasteiger partial charge in [-0.05, 0) is 45.2 Å². The Morgan fingerprint density at radius 2 is 1.95 bits per heavy atom. The predicted octanol–water partition coefficient (Wildman–Crippen LogP) is 3.64. The number of aryl methyl sites for hydroxylation is 2. The number of ether oxygens (including phenoxy) is 1. The Morgan fingerprint density at radius 3 is 2.52 bits per heavy atom. The smallest absolute Gasteiger partial charge is 0.477 e. The van der Waals surface area contributed by atoms with Crippen molar-refractivity contribution in [2.75, 3.05) is 18.1 Å². The molecular weight excluding hydrogens is 543 g/mol. The van der Waals surface area contributed by atoms with E-state index in [0.717, 1.165) is 6.42 Å². The fraction of sp³-hybridized carbons (Fsp3) is 0.520. The SMILES string of the molecule is Cc1nn(C)cc1S(=O)(=O)NC(=O)c1ccc(-n2ccc(OCC(C)(C)B(F)F)n2)nc1N1C[C@@H](C)CC1(C)C. The summed E-state index contributed by atoms with van der Waals surface area (Å²) in [6.07, 6.45) is 3.75. The molecule has 1 aliphatic heterocycles. The predicted molar refractivity (Wildman–Crippen MR) is 147 cm³/mol. The fourth-order valence-corrected chi connectivity index (χ4v) is 6.00. The second-order valence-electron chi connectivity index (χ2n) is 11.6. The highest BCUT2D eigenvalue weighted by Crippen LogP contribution is 2.38. The van der Waals surface area contributed by atoms with Crippen LogP contribution in [0, 0.1) is 12.8 Å². The van der Waals surface area contributed by atoms with Crippen molar-refractivity contribution in [2.24, 2.45) is 13.0 Å². The van der Waals surface area contributed by atoms with Crippen LogP contribution < -0.4 is 14.4 Å². The van der Waals surface area contributed by atoms with E-state index in [2.05, 4.69) is 21.8 Å². The molecule has 1 saturated heterocycles. The van der Waals surface area contributed by atoms with Crippen LogP contribution in [0.25, 0.3) is 5.82 Å². The molecule has 0 unspecified atom stereocenters. The lowest BCUT2D eigenvalue weighted by molar-refractivity contribution is 0.0981. The summed E-state index contributed by atoms with van der Waals surface area (Å²) in [6, 6.07) is 4.57. The summed E-state index contributed by atoms with van der Waals surface area (Å²) in [5.74, 6) is 0.273. The van der Waals surface area contributed by atoms with E-state index >= 15 is 0 Å². The summed E-state index contributed by atoms with van der Waals surface area (Å²) in [4.78, 5) is 20.0. The number of rotatable bonds is 9. The fourth-order valence-electron chi connectivity index (χ4n) is 4.82. The lowest BCUT2D eigenvalue weighted by Crippen LogP contribution is -2.41. The Morgan fingerprint density at radius 1 is 1.25 bits per heavy atom. The van der Waals surface area contributed by atoms with E-state index in [0.29, 0.717) is 24.1 Å². The number of aromatic nitrogens is 5. The molecule has 0 bridgehead atoms. The monoisotopic (exact) mass is 577 g/mol. The van der Waals surface area contributed by atoms with Crippen molar-refractivity contribution in [3.05, 3.63) is 41.9 Å². The third-order valence-corrected chi connectivity index (χ3v) is 8.33. The van der Waals surface area contributed by atoms with E-state index in [1.165, 1.54) is 47.6 Å². The number of nitrogens with one attached hydrogen (secondary N) is 1.